The van der Waals surface area contributed by atoms with Crippen LogP contribution in [0.5, 0.6) is 0 Å². The number of hydrogen-bond acceptors (Lipinski definition) is 3. The molecule has 0 spiro atoms. The molecule has 3 saturated heterocycles. The van der Waals surface area contributed by atoms with Crippen molar-refractivity contribution in [2.75, 3.05) is 46.9 Å². The van der Waals surface area contributed by atoms with E-state index in [4.69, 9.17) is 4.74 Å². The van der Waals surface area contributed by atoms with Crippen molar-refractivity contribution in [3.8, 4) is 0 Å². The predicted molar refractivity (Wildman–Crippen MR) is 99.5 cm³/mol. The molecule has 1 aromatic rings. The molecular weight excluding hydrogens is 314 g/mol. The van der Waals surface area contributed by atoms with E-state index in [-0.39, 0.29) is 6.03 Å². The molecular formula is C20H31N3O2. The molecule has 1 aromatic carbocycles. The molecule has 0 radical (unpaired) electrons. The van der Waals surface area contributed by atoms with Crippen LogP contribution in [0.15, 0.2) is 30.3 Å². The fourth-order valence-electron chi connectivity index (χ4n) is 4.03. The summed E-state index contributed by atoms with van der Waals surface area (Å²) in [5, 5.41) is 0. The highest BCUT2D eigenvalue weighted by molar-refractivity contribution is 5.74. The molecule has 2 amide bonds. The SMILES string of the molecule is CN(C)C(=O)N1C[C@@H]2CC[C@H](C1)N(CCCOCc1ccccc1)C2. The summed E-state index contributed by atoms with van der Waals surface area (Å²) in [4.78, 5) is 18.7. The summed E-state index contributed by atoms with van der Waals surface area (Å²) in [7, 11) is 3.69. The van der Waals surface area contributed by atoms with Crippen molar-refractivity contribution < 1.29 is 9.53 Å². The third-order valence-corrected chi connectivity index (χ3v) is 5.33. The van der Waals surface area contributed by atoms with E-state index in [1.54, 1.807) is 4.90 Å². The molecule has 0 saturated carbocycles. The Kier molecular flexibility index (Phi) is 6.32. The van der Waals surface area contributed by atoms with Crippen molar-refractivity contribution in [1.82, 2.24) is 14.7 Å². The van der Waals surface area contributed by atoms with E-state index >= 15 is 0 Å². The molecule has 5 nitrogen and oxygen atoms in total. The molecule has 25 heavy (non-hydrogen) atoms. The summed E-state index contributed by atoms with van der Waals surface area (Å²) in [6.45, 7) is 5.47. The molecule has 138 valence electrons. The topological polar surface area (TPSA) is 36.0 Å². The van der Waals surface area contributed by atoms with Crippen LogP contribution in [0.3, 0.4) is 0 Å². The highest BCUT2D eigenvalue weighted by atomic mass is 16.5. The zero-order valence-electron chi connectivity index (χ0n) is 15.6. The number of carbonyl (C=O) groups is 1. The Balaban J connectivity index is 1.42. The third kappa shape index (κ3) is 4.95. The first-order chi connectivity index (χ1) is 12.1. The van der Waals surface area contributed by atoms with Crippen molar-refractivity contribution in [2.24, 2.45) is 5.92 Å². The number of amides is 2. The van der Waals surface area contributed by atoms with Gasteiger partial charge in [0.1, 0.15) is 0 Å². The number of fused-ring (bicyclic) bond motifs is 4. The summed E-state index contributed by atoms with van der Waals surface area (Å²) >= 11 is 0. The molecule has 3 aliphatic heterocycles. The lowest BCUT2D eigenvalue weighted by Crippen LogP contribution is -2.46. The zero-order valence-corrected chi connectivity index (χ0v) is 15.6. The van der Waals surface area contributed by atoms with Gasteiger partial charge in [0, 0.05) is 52.9 Å². The number of hydrogen-bond donors (Lipinski definition) is 0. The Morgan fingerprint density at radius 3 is 2.72 bits per heavy atom. The first-order valence-electron chi connectivity index (χ1n) is 9.45. The van der Waals surface area contributed by atoms with Crippen molar-refractivity contribution in [3.05, 3.63) is 35.9 Å². The summed E-state index contributed by atoms with van der Waals surface area (Å²) in [5.41, 5.74) is 1.23. The van der Waals surface area contributed by atoms with Gasteiger partial charge >= 0.3 is 6.03 Å². The molecule has 3 heterocycles. The van der Waals surface area contributed by atoms with Crippen LogP contribution in [0.2, 0.25) is 0 Å². The first kappa shape index (κ1) is 18.2. The Morgan fingerprint density at radius 1 is 1.16 bits per heavy atom. The number of piperidine rings is 1. The van der Waals surface area contributed by atoms with Gasteiger partial charge in [0.2, 0.25) is 0 Å². The molecule has 5 heteroatoms. The maximum atomic E-state index is 12.3. The van der Waals surface area contributed by atoms with Gasteiger partial charge in [0.05, 0.1) is 6.61 Å². The molecule has 2 atom stereocenters. The van der Waals surface area contributed by atoms with Gasteiger partial charge in [0.15, 0.2) is 0 Å². The third-order valence-electron chi connectivity index (χ3n) is 5.33. The standard InChI is InChI=1S/C20H31N3O2/c1-21(2)20(24)23-14-18-9-10-19(15-23)22(13-18)11-6-12-25-16-17-7-4-3-5-8-17/h3-5,7-8,18-19H,6,9-16H2,1-2H3/t18-,19-/m1/s1. The van der Waals surface area contributed by atoms with Crippen LogP contribution in [-0.2, 0) is 11.3 Å². The van der Waals surface area contributed by atoms with Gasteiger partial charge in [-0.25, -0.2) is 4.79 Å². The van der Waals surface area contributed by atoms with Gasteiger partial charge in [-0.3, -0.25) is 4.90 Å². The average Bonchev–Trinajstić information content (AvgIpc) is 2.93. The molecule has 0 unspecified atom stereocenters. The average molecular weight is 345 g/mol. The van der Waals surface area contributed by atoms with Crippen molar-refractivity contribution in [1.29, 1.82) is 0 Å². The quantitative estimate of drug-likeness (QED) is 0.744. The maximum absolute atomic E-state index is 12.3. The van der Waals surface area contributed by atoms with E-state index < -0.39 is 0 Å². The second-order valence-electron chi connectivity index (χ2n) is 7.57. The molecule has 0 aliphatic carbocycles. The molecule has 4 rings (SSSR count). The lowest BCUT2D eigenvalue weighted by atomic mass is 9.95. The lowest BCUT2D eigenvalue weighted by Gasteiger charge is -2.36. The summed E-state index contributed by atoms with van der Waals surface area (Å²) in [6.07, 6.45) is 3.52. The normalized spacial score (nSPS) is 23.5. The maximum Gasteiger partial charge on any atom is 0.319 e. The number of nitrogens with zero attached hydrogens (tertiary/aromatic N) is 3. The van der Waals surface area contributed by atoms with Crippen LogP contribution in [0.1, 0.15) is 24.8 Å². The molecule has 0 aromatic heterocycles. The largest absolute Gasteiger partial charge is 0.377 e. The van der Waals surface area contributed by atoms with Gasteiger partial charge in [-0.15, -0.1) is 0 Å². The second-order valence-corrected chi connectivity index (χ2v) is 7.57. The first-order valence-corrected chi connectivity index (χ1v) is 9.45. The van der Waals surface area contributed by atoms with Crippen LogP contribution < -0.4 is 0 Å². The predicted octanol–water partition coefficient (Wildman–Crippen LogP) is 2.67. The van der Waals surface area contributed by atoms with Crippen molar-refractivity contribution in [3.63, 3.8) is 0 Å². The van der Waals surface area contributed by atoms with Gasteiger partial charge in [-0.05, 0) is 30.7 Å². The fraction of sp³-hybridized carbons (Fsp3) is 0.650. The Labute approximate surface area is 151 Å². The molecule has 0 N–H and O–H groups in total. The minimum Gasteiger partial charge on any atom is -0.377 e. The van der Waals surface area contributed by atoms with E-state index in [1.807, 2.05) is 37.2 Å². The highest BCUT2D eigenvalue weighted by Crippen LogP contribution is 2.28. The summed E-state index contributed by atoms with van der Waals surface area (Å²) < 4.78 is 5.82. The van der Waals surface area contributed by atoms with E-state index in [0.29, 0.717) is 18.6 Å². The van der Waals surface area contributed by atoms with Crippen LogP contribution in [0, 0.1) is 5.92 Å². The monoisotopic (exact) mass is 345 g/mol. The van der Waals surface area contributed by atoms with Crippen LogP contribution in [0.4, 0.5) is 4.79 Å². The number of rotatable bonds is 6. The van der Waals surface area contributed by atoms with Crippen LogP contribution >= 0.6 is 0 Å². The second kappa shape index (κ2) is 8.68. The fourth-order valence-corrected chi connectivity index (χ4v) is 4.03. The van der Waals surface area contributed by atoms with Crippen LogP contribution in [-0.4, -0.2) is 73.7 Å². The minimum atomic E-state index is 0.157. The van der Waals surface area contributed by atoms with E-state index in [9.17, 15) is 4.79 Å². The number of benzene rings is 1. The highest BCUT2D eigenvalue weighted by Gasteiger charge is 2.36. The number of carbonyl (C=O) groups excluding carboxylic acids is 1. The van der Waals surface area contributed by atoms with Crippen molar-refractivity contribution in [2.45, 2.75) is 31.9 Å². The lowest BCUT2D eigenvalue weighted by molar-refractivity contribution is 0.0857. The van der Waals surface area contributed by atoms with E-state index in [2.05, 4.69) is 17.0 Å². The van der Waals surface area contributed by atoms with Gasteiger partial charge < -0.3 is 14.5 Å². The smallest absolute Gasteiger partial charge is 0.319 e. The van der Waals surface area contributed by atoms with Gasteiger partial charge in [-0.2, -0.15) is 0 Å². The van der Waals surface area contributed by atoms with E-state index in [1.165, 1.54) is 18.4 Å². The number of ether oxygens (including phenoxy) is 1. The number of urea groups is 1. The Morgan fingerprint density at radius 2 is 1.96 bits per heavy atom. The van der Waals surface area contributed by atoms with Crippen molar-refractivity contribution >= 4 is 6.03 Å². The van der Waals surface area contributed by atoms with Gasteiger partial charge in [0.25, 0.3) is 0 Å². The van der Waals surface area contributed by atoms with Crippen LogP contribution in [0.25, 0.3) is 0 Å². The minimum absolute atomic E-state index is 0.157. The molecule has 3 aliphatic rings. The summed E-state index contributed by atoms with van der Waals surface area (Å²) in [5.74, 6) is 0.618. The Bertz CT molecular complexity index is 549. The summed E-state index contributed by atoms with van der Waals surface area (Å²) in [6, 6.07) is 11.0. The zero-order chi connectivity index (χ0) is 17.6. The molecule has 3 fully saturated rings. The Hall–Kier alpha value is -1.59. The van der Waals surface area contributed by atoms with E-state index in [0.717, 1.165) is 39.2 Å². The molecule has 2 bridgehead atoms. The van der Waals surface area contributed by atoms with Gasteiger partial charge in [-0.1, -0.05) is 30.3 Å².